The average Bonchev–Trinajstić information content (AvgIpc) is 3.44. The third-order valence-corrected chi connectivity index (χ3v) is 7.90. The molecule has 2 aliphatic rings. The number of pyridine rings is 1. The summed E-state index contributed by atoms with van der Waals surface area (Å²) in [6.07, 6.45) is 6.51. The fourth-order valence-corrected chi connectivity index (χ4v) is 6.01. The maximum absolute atomic E-state index is 13.0. The number of hydrogen-bond donors (Lipinski definition) is 4. The van der Waals surface area contributed by atoms with E-state index < -0.39 is 16.0 Å². The maximum atomic E-state index is 13.0. The molecule has 170 valence electrons. The van der Waals surface area contributed by atoms with Crippen molar-refractivity contribution in [1.82, 2.24) is 20.0 Å². The molecule has 1 saturated carbocycles. The first-order valence-corrected chi connectivity index (χ1v) is 12.5. The highest BCUT2D eigenvalue weighted by Gasteiger charge is 2.26. The molecule has 4 N–H and O–H groups in total. The van der Waals surface area contributed by atoms with Gasteiger partial charge in [-0.25, -0.2) is 17.9 Å². The predicted molar refractivity (Wildman–Crippen MR) is 120 cm³/mol. The molecule has 9 nitrogen and oxygen atoms in total. The van der Waals surface area contributed by atoms with Gasteiger partial charge in [-0.1, -0.05) is 0 Å². The van der Waals surface area contributed by atoms with Crippen molar-refractivity contribution in [2.45, 2.75) is 55.6 Å². The van der Waals surface area contributed by atoms with Crippen LogP contribution in [-0.4, -0.2) is 49.6 Å². The van der Waals surface area contributed by atoms with Crippen molar-refractivity contribution in [1.29, 1.82) is 0 Å². The molecular weight excluding hydrogens is 432 g/mol. The van der Waals surface area contributed by atoms with Gasteiger partial charge in [-0.05, 0) is 69.8 Å². The fraction of sp³-hybridized carbons (Fsp3) is 0.455. The zero-order chi connectivity index (χ0) is 22.3. The number of piperidine rings is 1. The third-order valence-electron chi connectivity index (χ3n) is 6.38. The molecule has 32 heavy (non-hydrogen) atoms. The molecule has 0 unspecified atom stereocenters. The Morgan fingerprint density at radius 1 is 1.09 bits per heavy atom. The number of carbonyl (C=O) groups excluding carboxylic acids is 1. The molecule has 3 aromatic rings. The summed E-state index contributed by atoms with van der Waals surface area (Å²) in [6, 6.07) is 4.41. The van der Waals surface area contributed by atoms with Crippen molar-refractivity contribution >= 4 is 37.8 Å². The number of sulfonamides is 1. The van der Waals surface area contributed by atoms with Crippen molar-refractivity contribution < 1.29 is 17.9 Å². The fourth-order valence-electron chi connectivity index (χ4n) is 4.68. The highest BCUT2D eigenvalue weighted by atomic mass is 32.2. The lowest BCUT2D eigenvalue weighted by atomic mass is 10.1. The normalized spacial score (nSPS) is 18.5. The molecule has 3 heterocycles. The molecule has 0 atom stereocenters. The number of aromatic amines is 2. The Morgan fingerprint density at radius 2 is 1.84 bits per heavy atom. The minimum Gasteiger partial charge on any atom is -0.459 e. The Labute approximate surface area is 185 Å². The van der Waals surface area contributed by atoms with Crippen LogP contribution >= 0.6 is 0 Å². The van der Waals surface area contributed by atoms with Gasteiger partial charge in [0.2, 0.25) is 10.0 Å². The lowest BCUT2D eigenvalue weighted by Crippen LogP contribution is -2.42. The molecule has 0 bridgehead atoms. The topological polar surface area (TPSA) is 133 Å². The first-order valence-electron chi connectivity index (χ1n) is 11.0. The zero-order valence-electron chi connectivity index (χ0n) is 17.6. The number of fused-ring (bicyclic) bond motifs is 3. The minimum absolute atomic E-state index is 0.0909. The van der Waals surface area contributed by atoms with Crippen LogP contribution in [0, 0.1) is 0 Å². The second-order valence-electron chi connectivity index (χ2n) is 8.57. The molecular formula is C22H26N4O5S. The van der Waals surface area contributed by atoms with Gasteiger partial charge in [0.1, 0.15) is 11.6 Å². The molecule has 1 aromatic carbocycles. The van der Waals surface area contributed by atoms with Gasteiger partial charge in [-0.3, -0.25) is 4.79 Å². The first-order chi connectivity index (χ1) is 15.4. The van der Waals surface area contributed by atoms with Crippen molar-refractivity contribution in [2.75, 3.05) is 13.1 Å². The monoisotopic (exact) mass is 458 g/mol. The van der Waals surface area contributed by atoms with Gasteiger partial charge in [0.15, 0.2) is 0 Å². The van der Waals surface area contributed by atoms with E-state index in [1.54, 1.807) is 6.07 Å². The van der Waals surface area contributed by atoms with E-state index in [2.05, 4.69) is 20.0 Å². The van der Waals surface area contributed by atoms with Gasteiger partial charge in [0.25, 0.3) is 5.56 Å². The lowest BCUT2D eigenvalue weighted by Gasteiger charge is -2.23. The Kier molecular flexibility index (Phi) is 5.52. The van der Waals surface area contributed by atoms with Crippen LogP contribution in [0.4, 0.5) is 0 Å². The van der Waals surface area contributed by atoms with E-state index in [4.69, 9.17) is 4.74 Å². The lowest BCUT2D eigenvalue weighted by molar-refractivity contribution is 0.0320. The van der Waals surface area contributed by atoms with Crippen LogP contribution in [-0.2, 0) is 14.8 Å². The summed E-state index contributed by atoms with van der Waals surface area (Å²) in [7, 11) is -3.76. The number of H-pyrrole nitrogens is 2. The smallest absolute Gasteiger partial charge is 0.340 e. The quantitative estimate of drug-likeness (QED) is 0.433. The zero-order valence-corrected chi connectivity index (χ0v) is 18.4. The van der Waals surface area contributed by atoms with Crippen molar-refractivity contribution in [3.05, 3.63) is 40.3 Å². The molecule has 0 amide bonds. The van der Waals surface area contributed by atoms with Crippen LogP contribution in [0.2, 0.25) is 0 Å². The summed E-state index contributed by atoms with van der Waals surface area (Å²) in [6.45, 7) is 1.53. The van der Waals surface area contributed by atoms with Gasteiger partial charge in [0, 0.05) is 28.5 Å². The number of nitrogens with one attached hydrogen (secondary N) is 4. The van der Waals surface area contributed by atoms with E-state index in [1.165, 1.54) is 18.3 Å². The second kappa shape index (κ2) is 8.34. The van der Waals surface area contributed by atoms with E-state index in [0.717, 1.165) is 51.6 Å². The van der Waals surface area contributed by atoms with E-state index in [-0.39, 0.29) is 33.7 Å². The summed E-state index contributed by atoms with van der Waals surface area (Å²) < 4.78 is 34.5. The highest BCUT2D eigenvalue weighted by molar-refractivity contribution is 7.89. The van der Waals surface area contributed by atoms with Gasteiger partial charge < -0.3 is 20.0 Å². The predicted octanol–water partition coefficient (Wildman–Crippen LogP) is 2.14. The molecule has 10 heteroatoms. The summed E-state index contributed by atoms with van der Waals surface area (Å²) in [5.41, 5.74) is 0.536. The average molecular weight is 459 g/mol. The third kappa shape index (κ3) is 3.94. The Morgan fingerprint density at radius 3 is 2.59 bits per heavy atom. The SMILES string of the molecule is O=C(OC1CCCC1)c1c[nH]c2c(=O)[nH]c3ccc(S(=O)(=O)NC4CCNCC4)cc3c12. The summed E-state index contributed by atoms with van der Waals surface area (Å²) in [4.78, 5) is 31.1. The molecule has 1 aliphatic heterocycles. The summed E-state index contributed by atoms with van der Waals surface area (Å²) in [5.74, 6) is -0.504. The second-order valence-corrected chi connectivity index (χ2v) is 10.3. The Balaban J connectivity index is 1.57. The minimum atomic E-state index is -3.76. The summed E-state index contributed by atoms with van der Waals surface area (Å²) in [5, 5.41) is 4.07. The number of aromatic nitrogens is 2. The number of carbonyl (C=O) groups is 1. The van der Waals surface area contributed by atoms with Crippen LogP contribution in [0.1, 0.15) is 48.9 Å². The highest BCUT2D eigenvalue weighted by Crippen LogP contribution is 2.29. The summed E-state index contributed by atoms with van der Waals surface area (Å²) >= 11 is 0. The molecule has 2 aromatic heterocycles. The van der Waals surface area contributed by atoms with Crippen LogP contribution in [0.25, 0.3) is 21.8 Å². The van der Waals surface area contributed by atoms with Crippen molar-refractivity contribution in [2.24, 2.45) is 0 Å². The van der Waals surface area contributed by atoms with Crippen molar-refractivity contribution in [3.63, 3.8) is 0 Å². The number of hydrogen-bond acceptors (Lipinski definition) is 6. The molecule has 2 fully saturated rings. The largest absolute Gasteiger partial charge is 0.459 e. The van der Waals surface area contributed by atoms with Crippen LogP contribution in [0.15, 0.2) is 34.1 Å². The molecule has 5 rings (SSSR count). The van der Waals surface area contributed by atoms with Crippen LogP contribution in [0.3, 0.4) is 0 Å². The van der Waals surface area contributed by atoms with Gasteiger partial charge >= 0.3 is 5.97 Å². The Bertz CT molecular complexity index is 1330. The van der Waals surface area contributed by atoms with Crippen LogP contribution in [0.5, 0.6) is 0 Å². The number of ether oxygens (including phenoxy) is 1. The van der Waals surface area contributed by atoms with E-state index in [0.29, 0.717) is 16.3 Å². The van der Waals surface area contributed by atoms with E-state index >= 15 is 0 Å². The van der Waals surface area contributed by atoms with Gasteiger partial charge in [0.05, 0.1) is 10.5 Å². The molecule has 1 aliphatic carbocycles. The standard InChI is InChI=1S/C22H26N4O5S/c27-21-20-19(17(12-24-20)22(28)31-14-3-1-2-4-14)16-11-15(5-6-18(16)25-21)32(29,30)26-13-7-9-23-10-8-13/h5-6,11-14,23-24,26H,1-4,7-10H2,(H,25,27). The van der Waals surface area contributed by atoms with E-state index in [1.807, 2.05) is 0 Å². The first kappa shape index (κ1) is 21.2. The Hall–Kier alpha value is -2.69. The molecule has 1 saturated heterocycles. The number of rotatable bonds is 5. The van der Waals surface area contributed by atoms with Crippen LogP contribution < -0.4 is 15.6 Å². The number of benzene rings is 1. The van der Waals surface area contributed by atoms with Gasteiger partial charge in [-0.2, -0.15) is 0 Å². The number of esters is 1. The van der Waals surface area contributed by atoms with E-state index in [9.17, 15) is 18.0 Å². The molecule has 0 spiro atoms. The van der Waals surface area contributed by atoms with Crippen molar-refractivity contribution in [3.8, 4) is 0 Å². The maximum Gasteiger partial charge on any atom is 0.340 e. The molecule has 0 radical (unpaired) electrons. The van der Waals surface area contributed by atoms with Gasteiger partial charge in [-0.15, -0.1) is 0 Å².